The summed E-state index contributed by atoms with van der Waals surface area (Å²) in [6, 6.07) is 15.1. The minimum Gasteiger partial charge on any atom is -0.459 e. The number of esters is 1. The molecule has 0 atom stereocenters. The average molecular weight is 370 g/mol. The van der Waals surface area contributed by atoms with Crippen LogP contribution < -0.4 is 10.6 Å². The number of para-hydroxylation sites is 1. The number of carbonyl (C=O) groups excluding carboxylic acids is 3. The Morgan fingerprint density at radius 3 is 2.50 bits per heavy atom. The van der Waals surface area contributed by atoms with Crippen molar-refractivity contribution in [3.05, 3.63) is 71.5 Å². The molecule has 0 bridgehead atoms. The van der Waals surface area contributed by atoms with E-state index in [0.717, 1.165) is 11.3 Å². The molecule has 132 valence electrons. The lowest BCUT2D eigenvalue weighted by Gasteiger charge is -2.05. The van der Waals surface area contributed by atoms with E-state index >= 15 is 0 Å². The van der Waals surface area contributed by atoms with Crippen LogP contribution in [-0.2, 0) is 9.53 Å². The molecule has 2 aromatic heterocycles. The zero-order valence-electron chi connectivity index (χ0n) is 13.4. The van der Waals surface area contributed by atoms with Gasteiger partial charge in [0.25, 0.3) is 11.8 Å². The molecule has 26 heavy (non-hydrogen) atoms. The summed E-state index contributed by atoms with van der Waals surface area (Å²) in [5, 5.41) is 5.70. The first kappa shape index (κ1) is 17.4. The van der Waals surface area contributed by atoms with Crippen LogP contribution in [0.3, 0.4) is 0 Å². The molecule has 0 unspecified atom stereocenters. The van der Waals surface area contributed by atoms with E-state index in [1.165, 1.54) is 18.4 Å². The molecule has 0 fully saturated rings. The number of nitrogens with one attached hydrogen (secondary N) is 2. The second kappa shape index (κ2) is 8.13. The van der Waals surface area contributed by atoms with Gasteiger partial charge in [-0.15, -0.1) is 11.3 Å². The summed E-state index contributed by atoms with van der Waals surface area (Å²) in [7, 11) is 0. The number of benzene rings is 1. The van der Waals surface area contributed by atoms with Crippen LogP contribution >= 0.6 is 11.3 Å². The number of ether oxygens (including phenoxy) is 1. The summed E-state index contributed by atoms with van der Waals surface area (Å²) >= 11 is 1.04. The van der Waals surface area contributed by atoms with Gasteiger partial charge in [0.05, 0.1) is 11.3 Å². The van der Waals surface area contributed by atoms with Crippen molar-refractivity contribution in [1.29, 1.82) is 0 Å². The van der Waals surface area contributed by atoms with Crippen LogP contribution in [0.25, 0.3) is 0 Å². The lowest BCUT2D eigenvalue weighted by atomic mass is 10.3. The standard InChI is InChI=1S/C18H14N2O5S/c21-15(19-12-5-2-1-3-6-12)11-25-18(23)14-8-9-16(26-14)20-17(22)13-7-4-10-24-13/h1-10H,11H2,(H,19,21)(H,20,22). The smallest absolute Gasteiger partial charge is 0.348 e. The molecule has 0 aliphatic heterocycles. The number of furan rings is 1. The van der Waals surface area contributed by atoms with Crippen molar-refractivity contribution in [2.75, 3.05) is 17.2 Å². The van der Waals surface area contributed by atoms with Crippen molar-refractivity contribution in [3.8, 4) is 0 Å². The van der Waals surface area contributed by atoms with Gasteiger partial charge in [-0.2, -0.15) is 0 Å². The van der Waals surface area contributed by atoms with Crippen LogP contribution in [0.5, 0.6) is 0 Å². The first-order valence-corrected chi connectivity index (χ1v) is 8.40. The van der Waals surface area contributed by atoms with Gasteiger partial charge in [0.15, 0.2) is 12.4 Å². The highest BCUT2D eigenvalue weighted by atomic mass is 32.1. The maximum atomic E-state index is 12.0. The van der Waals surface area contributed by atoms with Crippen LogP contribution in [-0.4, -0.2) is 24.4 Å². The lowest BCUT2D eigenvalue weighted by Crippen LogP contribution is -2.20. The maximum absolute atomic E-state index is 12.0. The van der Waals surface area contributed by atoms with Gasteiger partial charge in [-0.3, -0.25) is 9.59 Å². The Hall–Kier alpha value is -3.39. The van der Waals surface area contributed by atoms with Crippen molar-refractivity contribution in [3.63, 3.8) is 0 Å². The van der Waals surface area contributed by atoms with Crippen molar-refractivity contribution in [2.24, 2.45) is 0 Å². The van der Waals surface area contributed by atoms with Crippen LogP contribution in [0.15, 0.2) is 65.3 Å². The lowest BCUT2D eigenvalue weighted by molar-refractivity contribution is -0.119. The quantitative estimate of drug-likeness (QED) is 0.648. The van der Waals surface area contributed by atoms with Gasteiger partial charge in [0.2, 0.25) is 0 Å². The van der Waals surface area contributed by atoms with E-state index in [1.54, 1.807) is 36.4 Å². The molecular formula is C18H14N2O5S. The average Bonchev–Trinajstić information content (AvgIpc) is 3.32. The molecule has 0 radical (unpaired) electrons. The predicted molar refractivity (Wildman–Crippen MR) is 96.3 cm³/mol. The van der Waals surface area contributed by atoms with E-state index in [2.05, 4.69) is 10.6 Å². The van der Waals surface area contributed by atoms with E-state index in [-0.39, 0.29) is 10.6 Å². The molecule has 3 rings (SSSR count). The molecule has 0 saturated heterocycles. The van der Waals surface area contributed by atoms with Gasteiger partial charge >= 0.3 is 5.97 Å². The largest absolute Gasteiger partial charge is 0.459 e. The van der Waals surface area contributed by atoms with Gasteiger partial charge in [-0.05, 0) is 36.4 Å². The molecule has 8 heteroatoms. The minimum absolute atomic E-state index is 0.167. The summed E-state index contributed by atoms with van der Waals surface area (Å²) < 4.78 is 9.97. The summed E-state index contributed by atoms with van der Waals surface area (Å²) in [4.78, 5) is 35.9. The van der Waals surface area contributed by atoms with Gasteiger partial charge in [0.1, 0.15) is 4.88 Å². The molecule has 3 aromatic rings. The third-order valence-electron chi connectivity index (χ3n) is 3.18. The zero-order valence-corrected chi connectivity index (χ0v) is 14.2. The molecule has 0 aliphatic carbocycles. The molecule has 0 spiro atoms. The second-order valence-corrected chi connectivity index (χ2v) is 6.17. The first-order valence-electron chi connectivity index (χ1n) is 7.58. The van der Waals surface area contributed by atoms with Gasteiger partial charge in [-0.1, -0.05) is 18.2 Å². The maximum Gasteiger partial charge on any atom is 0.348 e. The molecule has 2 amide bonds. The first-order chi connectivity index (χ1) is 12.6. The SMILES string of the molecule is O=C(COC(=O)c1ccc(NC(=O)c2ccco2)s1)Nc1ccccc1. The highest BCUT2D eigenvalue weighted by Crippen LogP contribution is 2.23. The number of carbonyl (C=O) groups is 3. The number of hydrogen-bond donors (Lipinski definition) is 2. The molecule has 7 nitrogen and oxygen atoms in total. The third kappa shape index (κ3) is 4.58. The Labute approximate surface area is 152 Å². The summed E-state index contributed by atoms with van der Waals surface area (Å²) in [5.74, 6) is -1.33. The van der Waals surface area contributed by atoms with E-state index in [9.17, 15) is 14.4 Å². The molecule has 0 aliphatic rings. The van der Waals surface area contributed by atoms with Crippen LogP contribution in [0.1, 0.15) is 20.2 Å². The van der Waals surface area contributed by atoms with Crippen molar-refractivity contribution >= 4 is 39.8 Å². The summed E-state index contributed by atoms with van der Waals surface area (Å²) in [6.45, 7) is -0.403. The molecular weight excluding hydrogens is 356 g/mol. The number of thiophene rings is 1. The summed E-state index contributed by atoms with van der Waals surface area (Å²) in [6.07, 6.45) is 1.40. The highest BCUT2D eigenvalue weighted by molar-refractivity contribution is 7.18. The highest BCUT2D eigenvalue weighted by Gasteiger charge is 2.15. The van der Waals surface area contributed by atoms with Gasteiger partial charge in [-0.25, -0.2) is 4.79 Å². The monoisotopic (exact) mass is 370 g/mol. The third-order valence-corrected chi connectivity index (χ3v) is 4.16. The van der Waals surface area contributed by atoms with Crippen LogP contribution in [0, 0.1) is 0 Å². The second-order valence-electron chi connectivity index (χ2n) is 5.09. The Morgan fingerprint density at radius 2 is 1.77 bits per heavy atom. The van der Waals surface area contributed by atoms with E-state index in [0.29, 0.717) is 10.7 Å². The van der Waals surface area contributed by atoms with Crippen molar-refractivity contribution in [2.45, 2.75) is 0 Å². The predicted octanol–water partition coefficient (Wildman–Crippen LogP) is 3.39. The molecule has 1 aromatic carbocycles. The molecule has 2 N–H and O–H groups in total. The fourth-order valence-corrected chi connectivity index (χ4v) is 2.81. The van der Waals surface area contributed by atoms with E-state index in [4.69, 9.17) is 9.15 Å². The van der Waals surface area contributed by atoms with Crippen molar-refractivity contribution in [1.82, 2.24) is 0 Å². The molecule has 0 saturated carbocycles. The van der Waals surface area contributed by atoms with E-state index in [1.807, 2.05) is 6.07 Å². The number of anilines is 2. The topological polar surface area (TPSA) is 97.6 Å². The minimum atomic E-state index is -0.642. The number of rotatable bonds is 6. The zero-order chi connectivity index (χ0) is 18.4. The Balaban J connectivity index is 1.50. The van der Waals surface area contributed by atoms with Crippen LogP contribution in [0.4, 0.5) is 10.7 Å². The van der Waals surface area contributed by atoms with Gasteiger partial charge < -0.3 is 19.8 Å². The van der Waals surface area contributed by atoms with E-state index < -0.39 is 24.4 Å². The fourth-order valence-electron chi connectivity index (χ4n) is 2.02. The fraction of sp³-hybridized carbons (Fsp3) is 0.0556. The Morgan fingerprint density at radius 1 is 0.962 bits per heavy atom. The Kier molecular flexibility index (Phi) is 5.45. The van der Waals surface area contributed by atoms with Crippen LogP contribution in [0.2, 0.25) is 0 Å². The Bertz CT molecular complexity index is 903. The molecule has 2 heterocycles. The van der Waals surface area contributed by atoms with Crippen molar-refractivity contribution < 1.29 is 23.5 Å². The summed E-state index contributed by atoms with van der Waals surface area (Å²) in [5.41, 5.74) is 0.618. The normalized spacial score (nSPS) is 10.2. The number of amides is 2. The number of hydrogen-bond acceptors (Lipinski definition) is 6. The van der Waals surface area contributed by atoms with Gasteiger partial charge in [0, 0.05) is 5.69 Å².